The first kappa shape index (κ1) is 25.3. The van der Waals surface area contributed by atoms with Crippen LogP contribution in [-0.4, -0.2) is 72.9 Å². The number of hydrogen-bond donors (Lipinski definition) is 1. The van der Waals surface area contributed by atoms with E-state index in [9.17, 15) is 4.79 Å². The van der Waals surface area contributed by atoms with E-state index in [0.29, 0.717) is 0 Å². The van der Waals surface area contributed by atoms with Crippen LogP contribution in [-0.2, 0) is 16.8 Å². The second-order valence-corrected chi connectivity index (χ2v) is 11.3. The minimum atomic E-state index is -0.0773. The van der Waals surface area contributed by atoms with Gasteiger partial charge in [0, 0.05) is 53.8 Å². The van der Waals surface area contributed by atoms with Crippen molar-refractivity contribution in [3.8, 4) is 0 Å². The fraction of sp³-hybridized carbons (Fsp3) is 0.500. The van der Waals surface area contributed by atoms with Crippen molar-refractivity contribution in [1.82, 2.24) is 19.7 Å². The molecule has 0 saturated carbocycles. The summed E-state index contributed by atoms with van der Waals surface area (Å²) in [5.41, 5.74) is 5.01. The van der Waals surface area contributed by atoms with E-state index in [-0.39, 0.29) is 17.4 Å². The topological polar surface area (TPSA) is 42.6 Å². The molecule has 1 fully saturated rings. The molecule has 0 bridgehead atoms. The summed E-state index contributed by atoms with van der Waals surface area (Å²) >= 11 is 6.26. The number of amides is 1. The summed E-state index contributed by atoms with van der Waals surface area (Å²) in [5.74, 6) is 0.162. The van der Waals surface area contributed by atoms with Gasteiger partial charge in [0.1, 0.15) is 0 Å². The molecule has 1 atom stereocenters. The predicted octanol–water partition coefficient (Wildman–Crippen LogP) is 5.64. The molecule has 0 radical (unpaired) electrons. The molecule has 2 aliphatic rings. The number of benzene rings is 2. The van der Waals surface area contributed by atoms with Gasteiger partial charge in [0.2, 0.25) is 5.91 Å². The number of nitrogens with zero attached hydrogens (tertiary/aromatic N) is 3. The Morgan fingerprint density at radius 2 is 1.86 bits per heavy atom. The molecule has 5 rings (SSSR count). The third-order valence-corrected chi connectivity index (χ3v) is 8.90. The largest absolute Gasteiger partial charge is 0.357 e. The number of halogens is 1. The number of aromatic nitrogens is 1. The van der Waals surface area contributed by atoms with Crippen molar-refractivity contribution in [2.45, 2.75) is 50.0 Å². The molecule has 1 aliphatic carbocycles. The van der Waals surface area contributed by atoms with Crippen LogP contribution in [0.15, 0.2) is 48.5 Å². The number of hydrogen-bond acceptors (Lipinski definition) is 3. The Hall–Kier alpha value is -2.34. The monoisotopic (exact) mass is 506 g/mol. The van der Waals surface area contributed by atoms with E-state index in [1.54, 1.807) is 0 Å². The number of likely N-dealkylation sites (tertiary alicyclic amines) is 1. The van der Waals surface area contributed by atoms with Crippen LogP contribution in [0.4, 0.5) is 0 Å². The van der Waals surface area contributed by atoms with Crippen LogP contribution in [0.1, 0.15) is 54.8 Å². The first-order chi connectivity index (χ1) is 17.4. The normalized spacial score (nSPS) is 20.0. The Bertz CT molecular complexity index is 1200. The van der Waals surface area contributed by atoms with E-state index in [1.807, 2.05) is 30.1 Å². The zero-order chi connectivity index (χ0) is 25.3. The summed E-state index contributed by atoms with van der Waals surface area (Å²) in [6.07, 6.45) is 6.23. The van der Waals surface area contributed by atoms with Crippen LogP contribution < -0.4 is 0 Å². The molecule has 6 heteroatoms. The van der Waals surface area contributed by atoms with E-state index in [2.05, 4.69) is 59.2 Å². The minimum absolute atomic E-state index is 0.0773. The smallest absolute Gasteiger partial charge is 0.231 e. The molecule has 1 amide bonds. The molecule has 1 saturated heterocycles. The lowest BCUT2D eigenvalue weighted by Gasteiger charge is -2.46. The third-order valence-electron chi connectivity index (χ3n) is 8.66. The van der Waals surface area contributed by atoms with Gasteiger partial charge < -0.3 is 14.8 Å². The summed E-state index contributed by atoms with van der Waals surface area (Å²) in [6.45, 7) is 4.02. The van der Waals surface area contributed by atoms with Crippen molar-refractivity contribution in [2.24, 2.45) is 0 Å². The van der Waals surface area contributed by atoms with Crippen LogP contribution in [0, 0.1) is 0 Å². The molecular formula is C30H39ClN4O. The zero-order valence-corrected chi connectivity index (χ0v) is 22.7. The number of fused-ring (bicyclic) bond motifs is 3. The minimum Gasteiger partial charge on any atom is -0.357 e. The zero-order valence-electron chi connectivity index (χ0n) is 21.9. The van der Waals surface area contributed by atoms with Gasteiger partial charge in [-0.25, -0.2) is 0 Å². The highest BCUT2D eigenvalue weighted by Gasteiger charge is 2.38. The van der Waals surface area contributed by atoms with Crippen molar-refractivity contribution >= 4 is 28.4 Å². The van der Waals surface area contributed by atoms with Gasteiger partial charge in [-0.2, -0.15) is 0 Å². The first-order valence-electron chi connectivity index (χ1n) is 13.4. The van der Waals surface area contributed by atoms with E-state index < -0.39 is 0 Å². The average molecular weight is 507 g/mol. The molecule has 0 spiro atoms. The molecule has 2 aromatic carbocycles. The Balaban J connectivity index is 1.16. The lowest BCUT2D eigenvalue weighted by Crippen LogP contribution is -2.50. The Kier molecular flexibility index (Phi) is 7.43. The Morgan fingerprint density at radius 1 is 1.11 bits per heavy atom. The predicted molar refractivity (Wildman–Crippen MR) is 149 cm³/mol. The summed E-state index contributed by atoms with van der Waals surface area (Å²) in [7, 11) is 6.39. The lowest BCUT2D eigenvalue weighted by atomic mass is 9.80. The van der Waals surface area contributed by atoms with E-state index in [0.717, 1.165) is 80.9 Å². The van der Waals surface area contributed by atoms with Crippen LogP contribution in [0.25, 0.3) is 10.9 Å². The van der Waals surface area contributed by atoms with Gasteiger partial charge in [0.25, 0.3) is 0 Å². The highest BCUT2D eigenvalue weighted by molar-refractivity contribution is 6.31. The number of likely N-dealkylation sites (N-methyl/N-ethyl adjacent to an activating group) is 1. The third kappa shape index (κ3) is 4.81. The van der Waals surface area contributed by atoms with Gasteiger partial charge in [-0.15, -0.1) is 0 Å². The van der Waals surface area contributed by atoms with Gasteiger partial charge in [-0.3, -0.25) is 9.69 Å². The SMILES string of the molecule is CN(CCCN1CCC(c2ccccc2)(N(C)C)CC1)C(=O)C1CCCc2c1[nH]c1ccc(Cl)cc21. The van der Waals surface area contributed by atoms with Gasteiger partial charge >= 0.3 is 0 Å². The Morgan fingerprint density at radius 3 is 2.58 bits per heavy atom. The van der Waals surface area contributed by atoms with Crippen LogP contribution in [0.5, 0.6) is 0 Å². The quantitative estimate of drug-likeness (QED) is 0.450. The number of nitrogens with one attached hydrogen (secondary N) is 1. The fourth-order valence-corrected chi connectivity index (χ4v) is 6.65. The summed E-state index contributed by atoms with van der Waals surface area (Å²) in [4.78, 5) is 23.9. The van der Waals surface area contributed by atoms with Gasteiger partial charge in [-0.1, -0.05) is 41.9 Å². The van der Waals surface area contributed by atoms with Gasteiger partial charge in [0.05, 0.1) is 5.92 Å². The Labute approximate surface area is 220 Å². The van der Waals surface area contributed by atoms with Gasteiger partial charge in [0.15, 0.2) is 0 Å². The number of rotatable bonds is 7. The van der Waals surface area contributed by atoms with Crippen molar-refractivity contribution in [1.29, 1.82) is 0 Å². The summed E-state index contributed by atoms with van der Waals surface area (Å²) in [5, 5.41) is 1.92. The molecule has 2 heterocycles. The number of carbonyl (C=O) groups excluding carboxylic acids is 1. The number of aromatic amines is 1. The number of aryl methyl sites for hydroxylation is 1. The maximum atomic E-state index is 13.5. The van der Waals surface area contributed by atoms with Crippen molar-refractivity contribution in [3.63, 3.8) is 0 Å². The van der Waals surface area contributed by atoms with Crippen LogP contribution in [0.2, 0.25) is 5.02 Å². The van der Waals surface area contributed by atoms with Crippen molar-refractivity contribution < 1.29 is 4.79 Å². The van der Waals surface area contributed by atoms with Crippen molar-refractivity contribution in [3.05, 3.63) is 70.4 Å². The average Bonchev–Trinajstić information content (AvgIpc) is 3.27. The molecule has 1 aliphatic heterocycles. The highest BCUT2D eigenvalue weighted by atomic mass is 35.5. The second-order valence-electron chi connectivity index (χ2n) is 10.9. The molecule has 192 valence electrons. The van der Waals surface area contributed by atoms with E-state index >= 15 is 0 Å². The summed E-state index contributed by atoms with van der Waals surface area (Å²) < 4.78 is 0. The number of carbonyl (C=O) groups is 1. The van der Waals surface area contributed by atoms with Gasteiger partial charge in [-0.05, 0) is 88.5 Å². The molecule has 36 heavy (non-hydrogen) atoms. The van der Waals surface area contributed by atoms with E-state index in [1.165, 1.54) is 16.5 Å². The summed E-state index contributed by atoms with van der Waals surface area (Å²) in [6, 6.07) is 16.9. The fourth-order valence-electron chi connectivity index (χ4n) is 6.48. The molecule has 1 aromatic heterocycles. The highest BCUT2D eigenvalue weighted by Crippen LogP contribution is 2.39. The number of piperidine rings is 1. The van der Waals surface area contributed by atoms with Crippen LogP contribution >= 0.6 is 11.6 Å². The first-order valence-corrected chi connectivity index (χ1v) is 13.8. The van der Waals surface area contributed by atoms with Crippen LogP contribution in [0.3, 0.4) is 0 Å². The second kappa shape index (κ2) is 10.6. The molecule has 3 aromatic rings. The number of H-pyrrole nitrogens is 1. The maximum Gasteiger partial charge on any atom is 0.231 e. The molecule has 1 unspecified atom stereocenters. The van der Waals surface area contributed by atoms with Crippen molar-refractivity contribution in [2.75, 3.05) is 47.3 Å². The molecule has 5 nitrogen and oxygen atoms in total. The maximum absolute atomic E-state index is 13.5. The lowest BCUT2D eigenvalue weighted by molar-refractivity contribution is -0.132. The molecular weight excluding hydrogens is 468 g/mol. The van der Waals surface area contributed by atoms with E-state index in [4.69, 9.17) is 11.6 Å². The standard InChI is InChI=1S/C30H39ClN4O/c1-33(2)30(22-9-5-4-6-10-22)15-19-35(20-16-30)18-8-17-34(3)29(36)25-12-7-11-24-26-21-23(31)13-14-27(26)32-28(24)25/h4-6,9-10,13-14,21,25,32H,7-8,11-12,15-20H2,1-3H3. The molecule has 1 N–H and O–H groups in total.